The fourth-order valence-corrected chi connectivity index (χ4v) is 4.78. The minimum absolute atomic E-state index is 0.0449. The third-order valence-corrected chi connectivity index (χ3v) is 7.77. The molecule has 2 heterocycles. The van der Waals surface area contributed by atoms with E-state index in [2.05, 4.69) is 0 Å². The van der Waals surface area contributed by atoms with Gasteiger partial charge in [0.2, 0.25) is 0 Å². The van der Waals surface area contributed by atoms with Crippen LogP contribution in [0.1, 0.15) is 68.1 Å². The number of rotatable bonds is 10. The van der Waals surface area contributed by atoms with E-state index in [0.717, 1.165) is 18.4 Å². The summed E-state index contributed by atoms with van der Waals surface area (Å²) in [4.78, 5) is 17.9. The third-order valence-electron chi connectivity index (χ3n) is 7.77. The van der Waals surface area contributed by atoms with Gasteiger partial charge in [0.15, 0.2) is 23.0 Å². The molecule has 2 aliphatic rings. The van der Waals surface area contributed by atoms with Crippen LogP contribution in [0.4, 0.5) is 4.39 Å². The minimum Gasteiger partial charge on any atom is -0.493 e. The molecule has 1 aromatic heterocycles. The number of benzene rings is 2. The Balaban J connectivity index is 1.43. The Morgan fingerprint density at radius 1 is 1.21 bits per heavy atom. The van der Waals surface area contributed by atoms with Crippen LogP contribution in [0.2, 0.25) is 0 Å². The monoisotopic (exact) mass is 534 g/mol. The zero-order valence-corrected chi connectivity index (χ0v) is 22.8. The summed E-state index contributed by atoms with van der Waals surface area (Å²) in [7, 11) is 1.55. The number of ether oxygens (including phenoxy) is 3. The summed E-state index contributed by atoms with van der Waals surface area (Å²) in [5, 5.41) is 11.6. The van der Waals surface area contributed by atoms with Crippen molar-refractivity contribution in [2.45, 2.75) is 63.7 Å². The van der Waals surface area contributed by atoms with Crippen LogP contribution >= 0.6 is 0 Å². The quantitative estimate of drug-likeness (QED) is 0.331. The van der Waals surface area contributed by atoms with Crippen LogP contribution in [-0.2, 0) is 11.1 Å². The normalized spacial score (nSPS) is 19.8. The van der Waals surface area contributed by atoms with Crippen molar-refractivity contribution in [2.24, 2.45) is 11.7 Å². The Labute approximate surface area is 228 Å². The van der Waals surface area contributed by atoms with Crippen molar-refractivity contribution in [1.82, 2.24) is 4.98 Å². The standard InChI is InChI=1S/C31H35FN2O5/c1-18(2)31(33)17-38-29-23(31)16-27(34-28(29)19-5-8-21(32)9-6-19)30(3,36)14-13-24(35)20-7-12-25(26(15-20)37-4)39-22-10-11-22/h5-9,12,15-16,18,22,36H,10-11,13-14,17,33H2,1-4H3. The van der Waals surface area contributed by atoms with Gasteiger partial charge in [-0.2, -0.15) is 0 Å². The van der Waals surface area contributed by atoms with Gasteiger partial charge in [0.25, 0.3) is 0 Å². The molecule has 2 atom stereocenters. The van der Waals surface area contributed by atoms with Crippen molar-refractivity contribution in [3.63, 3.8) is 0 Å². The van der Waals surface area contributed by atoms with E-state index < -0.39 is 11.1 Å². The summed E-state index contributed by atoms with van der Waals surface area (Å²) in [5.74, 6) is 1.22. The lowest BCUT2D eigenvalue weighted by atomic mass is 9.80. The minimum atomic E-state index is -1.45. The molecular formula is C31H35FN2O5. The van der Waals surface area contributed by atoms with Crippen LogP contribution in [0.3, 0.4) is 0 Å². The maximum absolute atomic E-state index is 13.7. The Hall–Kier alpha value is -3.49. The van der Waals surface area contributed by atoms with Gasteiger partial charge in [-0.1, -0.05) is 13.8 Å². The molecule has 206 valence electrons. The van der Waals surface area contributed by atoms with Gasteiger partial charge in [-0.05, 0) is 80.6 Å². The van der Waals surface area contributed by atoms with E-state index >= 15 is 0 Å². The molecule has 1 aliphatic heterocycles. The fraction of sp³-hybridized carbons (Fsp3) is 0.419. The van der Waals surface area contributed by atoms with Crippen LogP contribution in [0.15, 0.2) is 48.5 Å². The number of carbonyl (C=O) groups excluding carboxylic acids is 1. The molecule has 2 aromatic carbocycles. The molecule has 0 radical (unpaired) electrons. The summed E-state index contributed by atoms with van der Waals surface area (Å²) in [6, 6.07) is 12.9. The van der Waals surface area contributed by atoms with Gasteiger partial charge in [-0.3, -0.25) is 4.79 Å². The highest BCUT2D eigenvalue weighted by atomic mass is 19.1. The highest BCUT2D eigenvalue weighted by molar-refractivity contribution is 5.96. The van der Waals surface area contributed by atoms with Crippen LogP contribution in [-0.4, -0.2) is 35.7 Å². The number of aliphatic hydroxyl groups is 1. The van der Waals surface area contributed by atoms with Crippen LogP contribution < -0.4 is 19.9 Å². The summed E-state index contributed by atoms with van der Waals surface area (Å²) in [6.07, 6.45) is 2.46. The maximum atomic E-state index is 13.7. The maximum Gasteiger partial charge on any atom is 0.163 e. The summed E-state index contributed by atoms with van der Waals surface area (Å²) in [6.45, 7) is 5.94. The highest BCUT2D eigenvalue weighted by Gasteiger charge is 2.43. The molecule has 1 fully saturated rings. The topological polar surface area (TPSA) is 104 Å². The second-order valence-corrected chi connectivity index (χ2v) is 11.1. The average molecular weight is 535 g/mol. The van der Waals surface area contributed by atoms with Gasteiger partial charge in [0.1, 0.15) is 23.7 Å². The second kappa shape index (κ2) is 10.2. The molecule has 3 N–H and O–H groups in total. The summed E-state index contributed by atoms with van der Waals surface area (Å²) >= 11 is 0. The van der Waals surface area contributed by atoms with Gasteiger partial charge >= 0.3 is 0 Å². The number of carbonyl (C=O) groups is 1. The molecule has 39 heavy (non-hydrogen) atoms. The van der Waals surface area contributed by atoms with Gasteiger partial charge in [0.05, 0.1) is 24.4 Å². The van der Waals surface area contributed by atoms with Crippen molar-refractivity contribution >= 4 is 5.78 Å². The molecule has 5 rings (SSSR count). The number of ketones is 1. The smallest absolute Gasteiger partial charge is 0.163 e. The molecule has 3 aromatic rings. The first kappa shape index (κ1) is 27.1. The zero-order chi connectivity index (χ0) is 27.9. The molecule has 0 bridgehead atoms. The van der Waals surface area contributed by atoms with Crippen molar-refractivity contribution in [3.05, 3.63) is 71.2 Å². The number of methoxy groups -OCH3 is 1. The predicted octanol–water partition coefficient (Wildman–Crippen LogP) is 5.51. The van der Waals surface area contributed by atoms with E-state index in [0.29, 0.717) is 39.8 Å². The Kier molecular flexibility index (Phi) is 7.11. The van der Waals surface area contributed by atoms with Gasteiger partial charge in [-0.15, -0.1) is 0 Å². The number of hydrogen-bond acceptors (Lipinski definition) is 7. The zero-order valence-electron chi connectivity index (χ0n) is 22.8. The van der Waals surface area contributed by atoms with E-state index in [-0.39, 0.29) is 43.1 Å². The molecule has 2 unspecified atom stereocenters. The van der Waals surface area contributed by atoms with Gasteiger partial charge in [0, 0.05) is 23.1 Å². The van der Waals surface area contributed by atoms with E-state index in [9.17, 15) is 14.3 Å². The van der Waals surface area contributed by atoms with Crippen molar-refractivity contribution < 1.29 is 28.5 Å². The largest absolute Gasteiger partial charge is 0.493 e. The first-order valence-corrected chi connectivity index (χ1v) is 13.4. The molecule has 8 heteroatoms. The number of pyridine rings is 1. The molecule has 7 nitrogen and oxygen atoms in total. The molecule has 1 saturated carbocycles. The number of aromatic nitrogens is 1. The molecule has 0 spiro atoms. The Bertz CT molecular complexity index is 1380. The van der Waals surface area contributed by atoms with Crippen LogP contribution in [0, 0.1) is 11.7 Å². The lowest BCUT2D eigenvalue weighted by Gasteiger charge is -2.29. The molecule has 0 saturated heterocycles. The molecular weight excluding hydrogens is 499 g/mol. The fourth-order valence-electron chi connectivity index (χ4n) is 4.78. The first-order valence-electron chi connectivity index (χ1n) is 13.4. The Morgan fingerprint density at radius 3 is 2.56 bits per heavy atom. The number of nitrogens with zero attached hydrogens (tertiary/aromatic N) is 1. The lowest BCUT2D eigenvalue weighted by Crippen LogP contribution is -2.43. The van der Waals surface area contributed by atoms with E-state index in [1.54, 1.807) is 50.4 Å². The average Bonchev–Trinajstić information content (AvgIpc) is 3.67. The number of nitrogens with two attached hydrogens (primary N) is 1. The number of fused-ring (bicyclic) bond motifs is 1. The first-order chi connectivity index (χ1) is 18.5. The van der Waals surface area contributed by atoms with Crippen molar-refractivity contribution in [2.75, 3.05) is 13.7 Å². The van der Waals surface area contributed by atoms with Gasteiger partial charge in [-0.25, -0.2) is 9.37 Å². The van der Waals surface area contributed by atoms with E-state index in [4.69, 9.17) is 24.9 Å². The summed E-state index contributed by atoms with van der Waals surface area (Å²) in [5.41, 5.74) is 7.30. The summed E-state index contributed by atoms with van der Waals surface area (Å²) < 4.78 is 31.0. The van der Waals surface area contributed by atoms with E-state index in [1.165, 1.54) is 12.1 Å². The number of Topliss-reactive ketones (excluding diaryl/α,β-unsaturated/α-hetero) is 1. The number of hydrogen-bond donors (Lipinski definition) is 2. The van der Waals surface area contributed by atoms with Crippen molar-refractivity contribution in [1.29, 1.82) is 0 Å². The highest BCUT2D eigenvalue weighted by Crippen LogP contribution is 2.46. The van der Waals surface area contributed by atoms with E-state index in [1.807, 2.05) is 13.8 Å². The second-order valence-electron chi connectivity index (χ2n) is 11.1. The van der Waals surface area contributed by atoms with Gasteiger partial charge < -0.3 is 25.1 Å². The van der Waals surface area contributed by atoms with Crippen LogP contribution in [0.5, 0.6) is 17.2 Å². The molecule has 0 amide bonds. The van der Waals surface area contributed by atoms with Crippen LogP contribution in [0.25, 0.3) is 11.3 Å². The lowest BCUT2D eigenvalue weighted by molar-refractivity contribution is 0.0396. The third kappa shape index (κ3) is 5.36. The predicted molar refractivity (Wildman–Crippen MR) is 146 cm³/mol. The molecule has 1 aliphatic carbocycles. The van der Waals surface area contributed by atoms with Crippen molar-refractivity contribution in [3.8, 4) is 28.5 Å². The SMILES string of the molecule is COc1cc(C(=O)CCC(C)(O)c2cc3c(c(-c4ccc(F)cc4)n2)OCC3(N)C(C)C)ccc1OC1CC1. The Morgan fingerprint density at radius 2 is 1.92 bits per heavy atom. The number of halogens is 1.